The number of methoxy groups -OCH3 is 1. The molecule has 1 N–H and O–H groups in total. The van der Waals surface area contributed by atoms with Crippen LogP contribution in [0.5, 0.6) is 0 Å². The van der Waals surface area contributed by atoms with E-state index in [1.54, 1.807) is 37.4 Å². The molecule has 178 valence electrons. The van der Waals surface area contributed by atoms with Crippen LogP contribution in [0.3, 0.4) is 0 Å². The average molecular weight is 463 g/mol. The Morgan fingerprint density at radius 2 is 1.62 bits per heavy atom. The van der Waals surface area contributed by atoms with Crippen LogP contribution in [0.2, 0.25) is 0 Å². The lowest BCUT2D eigenvalue weighted by Gasteiger charge is -2.18. The quantitative estimate of drug-likeness (QED) is 0.348. The lowest BCUT2D eigenvalue weighted by molar-refractivity contribution is -0.144. The van der Waals surface area contributed by atoms with Gasteiger partial charge in [-0.2, -0.15) is 0 Å². The molecule has 2 aromatic carbocycles. The maximum atomic E-state index is 12.9. The Labute approximate surface area is 199 Å². The normalized spacial score (nSPS) is 11.6. The number of ketones is 1. The molecule has 1 amide bonds. The van der Waals surface area contributed by atoms with Gasteiger partial charge in [0, 0.05) is 42.6 Å². The number of carbonyl (C=O) groups is 3. The van der Waals surface area contributed by atoms with Crippen LogP contribution < -0.4 is 5.32 Å². The van der Waals surface area contributed by atoms with Crippen molar-refractivity contribution < 1.29 is 23.9 Å². The Kier molecular flexibility index (Phi) is 8.76. The average Bonchev–Trinajstić information content (AvgIpc) is 3.14. The van der Waals surface area contributed by atoms with E-state index in [4.69, 9.17) is 9.47 Å². The Morgan fingerprint density at radius 1 is 0.971 bits per heavy atom. The monoisotopic (exact) mass is 462 g/mol. The Hall–Kier alpha value is -3.71. The van der Waals surface area contributed by atoms with Crippen LogP contribution in [0.4, 0.5) is 0 Å². The SMILES string of the molecule is COCCn1c(C)cc(C(=O)COC(=O)C(Cc2ccccc2)NC(=O)c2ccccc2)c1C. The first-order valence-corrected chi connectivity index (χ1v) is 11.2. The van der Waals surface area contributed by atoms with Gasteiger partial charge in [0.1, 0.15) is 6.04 Å². The largest absolute Gasteiger partial charge is 0.456 e. The summed E-state index contributed by atoms with van der Waals surface area (Å²) in [6.45, 7) is 4.53. The lowest BCUT2D eigenvalue weighted by atomic mass is 10.1. The van der Waals surface area contributed by atoms with E-state index in [2.05, 4.69) is 5.32 Å². The van der Waals surface area contributed by atoms with E-state index in [0.29, 0.717) is 24.3 Å². The van der Waals surface area contributed by atoms with Crippen LogP contribution in [0, 0.1) is 13.8 Å². The zero-order chi connectivity index (χ0) is 24.5. The highest BCUT2D eigenvalue weighted by molar-refractivity contribution is 6.00. The van der Waals surface area contributed by atoms with Crippen LogP contribution in [-0.2, 0) is 27.2 Å². The molecule has 0 aliphatic rings. The van der Waals surface area contributed by atoms with Gasteiger partial charge >= 0.3 is 5.97 Å². The van der Waals surface area contributed by atoms with E-state index in [9.17, 15) is 14.4 Å². The second-order valence-corrected chi connectivity index (χ2v) is 8.04. The van der Waals surface area contributed by atoms with E-state index in [1.807, 2.05) is 54.8 Å². The molecule has 0 aliphatic heterocycles. The van der Waals surface area contributed by atoms with Crippen molar-refractivity contribution in [2.24, 2.45) is 0 Å². The Bertz CT molecular complexity index is 1120. The summed E-state index contributed by atoms with van der Waals surface area (Å²) >= 11 is 0. The molecule has 7 nitrogen and oxygen atoms in total. The summed E-state index contributed by atoms with van der Waals surface area (Å²) in [5.74, 6) is -1.33. The highest BCUT2D eigenvalue weighted by atomic mass is 16.5. The van der Waals surface area contributed by atoms with Gasteiger partial charge < -0.3 is 19.4 Å². The van der Waals surface area contributed by atoms with Gasteiger partial charge in [-0.1, -0.05) is 48.5 Å². The van der Waals surface area contributed by atoms with Crippen LogP contribution in [0.25, 0.3) is 0 Å². The maximum absolute atomic E-state index is 12.9. The molecule has 3 aromatic rings. The molecule has 1 unspecified atom stereocenters. The predicted octanol–water partition coefficient (Wildman–Crippen LogP) is 3.52. The van der Waals surface area contributed by atoms with Gasteiger partial charge in [-0.3, -0.25) is 9.59 Å². The third-order valence-electron chi connectivity index (χ3n) is 5.65. The minimum atomic E-state index is -0.933. The highest BCUT2D eigenvalue weighted by Crippen LogP contribution is 2.16. The van der Waals surface area contributed by atoms with Gasteiger partial charge in [0.15, 0.2) is 6.61 Å². The molecule has 0 saturated heterocycles. The second-order valence-electron chi connectivity index (χ2n) is 8.04. The fourth-order valence-corrected chi connectivity index (χ4v) is 3.80. The third kappa shape index (κ3) is 6.42. The van der Waals surface area contributed by atoms with E-state index in [0.717, 1.165) is 17.0 Å². The third-order valence-corrected chi connectivity index (χ3v) is 5.65. The van der Waals surface area contributed by atoms with Gasteiger partial charge in [0.05, 0.1) is 6.61 Å². The smallest absolute Gasteiger partial charge is 0.329 e. The van der Waals surface area contributed by atoms with Crippen molar-refractivity contribution in [1.82, 2.24) is 9.88 Å². The molecular formula is C27H30N2O5. The number of rotatable bonds is 11. The zero-order valence-corrected chi connectivity index (χ0v) is 19.7. The van der Waals surface area contributed by atoms with E-state index in [-0.39, 0.29) is 18.1 Å². The van der Waals surface area contributed by atoms with Crippen molar-refractivity contribution in [3.8, 4) is 0 Å². The minimum Gasteiger partial charge on any atom is -0.456 e. The number of aromatic nitrogens is 1. The number of ether oxygens (including phenoxy) is 2. The van der Waals surface area contributed by atoms with Crippen molar-refractivity contribution in [1.29, 1.82) is 0 Å². The van der Waals surface area contributed by atoms with Gasteiger partial charge in [-0.25, -0.2) is 4.79 Å². The molecule has 0 radical (unpaired) electrons. The summed E-state index contributed by atoms with van der Waals surface area (Å²) in [6.07, 6.45) is 0.248. The number of benzene rings is 2. The van der Waals surface area contributed by atoms with Crippen molar-refractivity contribution in [2.45, 2.75) is 32.9 Å². The molecule has 1 aromatic heterocycles. The summed E-state index contributed by atoms with van der Waals surface area (Å²) in [5.41, 5.74) is 3.54. The van der Waals surface area contributed by atoms with E-state index >= 15 is 0 Å². The lowest BCUT2D eigenvalue weighted by Crippen LogP contribution is -2.43. The van der Waals surface area contributed by atoms with Crippen LogP contribution in [0.1, 0.15) is 37.7 Å². The molecule has 1 atom stereocenters. The van der Waals surface area contributed by atoms with Gasteiger partial charge in [0.2, 0.25) is 5.78 Å². The van der Waals surface area contributed by atoms with Crippen molar-refractivity contribution in [3.63, 3.8) is 0 Å². The molecule has 0 spiro atoms. The number of nitrogens with one attached hydrogen (secondary N) is 1. The van der Waals surface area contributed by atoms with Gasteiger partial charge in [-0.15, -0.1) is 0 Å². The first-order chi connectivity index (χ1) is 16.4. The van der Waals surface area contributed by atoms with Gasteiger partial charge in [0.25, 0.3) is 5.91 Å². The number of amides is 1. The standard InChI is InChI=1S/C27H30N2O5/c1-19-16-23(20(2)29(19)14-15-33-3)25(30)18-34-27(32)24(17-21-10-6-4-7-11-21)28-26(31)22-12-8-5-9-13-22/h4-13,16,24H,14-15,17-18H2,1-3H3,(H,28,31). The Balaban J connectivity index is 1.70. The van der Waals surface area contributed by atoms with Crippen LogP contribution in [0.15, 0.2) is 66.7 Å². The molecule has 1 heterocycles. The summed E-state index contributed by atoms with van der Waals surface area (Å²) in [6, 6.07) is 18.8. The molecule has 0 fully saturated rings. The number of aryl methyl sites for hydroxylation is 1. The number of nitrogens with zero attached hydrogens (tertiary/aromatic N) is 1. The molecule has 7 heteroatoms. The number of hydrogen-bond donors (Lipinski definition) is 1. The number of Topliss-reactive ketones (excluding diaryl/α,β-unsaturated/α-hetero) is 1. The topological polar surface area (TPSA) is 86.6 Å². The molecular weight excluding hydrogens is 432 g/mol. The minimum absolute atomic E-state index is 0.248. The fraction of sp³-hybridized carbons (Fsp3) is 0.296. The van der Waals surface area contributed by atoms with Crippen molar-refractivity contribution in [3.05, 3.63) is 94.8 Å². The summed E-state index contributed by atoms with van der Waals surface area (Å²) < 4.78 is 12.5. The molecule has 0 saturated carbocycles. The first kappa shape index (κ1) is 24.9. The first-order valence-electron chi connectivity index (χ1n) is 11.2. The Morgan fingerprint density at radius 3 is 2.26 bits per heavy atom. The number of esters is 1. The van der Waals surface area contributed by atoms with Crippen LogP contribution in [-0.4, -0.2) is 48.6 Å². The van der Waals surface area contributed by atoms with Crippen LogP contribution >= 0.6 is 0 Å². The summed E-state index contributed by atoms with van der Waals surface area (Å²) in [7, 11) is 1.63. The zero-order valence-electron chi connectivity index (χ0n) is 19.7. The van der Waals surface area contributed by atoms with E-state index in [1.165, 1.54) is 0 Å². The van der Waals surface area contributed by atoms with E-state index < -0.39 is 18.6 Å². The highest BCUT2D eigenvalue weighted by Gasteiger charge is 2.25. The number of carbonyl (C=O) groups excluding carboxylic acids is 3. The van der Waals surface area contributed by atoms with Gasteiger partial charge in [-0.05, 0) is 37.6 Å². The molecule has 0 aliphatic carbocycles. The molecule has 3 rings (SSSR count). The van der Waals surface area contributed by atoms with Crippen molar-refractivity contribution >= 4 is 17.7 Å². The summed E-state index contributed by atoms with van der Waals surface area (Å²) in [4.78, 5) is 38.4. The maximum Gasteiger partial charge on any atom is 0.329 e. The number of hydrogen-bond acceptors (Lipinski definition) is 5. The second kappa shape index (κ2) is 12.0. The fourth-order valence-electron chi connectivity index (χ4n) is 3.80. The van der Waals surface area contributed by atoms with Crippen molar-refractivity contribution in [2.75, 3.05) is 20.3 Å². The molecule has 34 heavy (non-hydrogen) atoms. The summed E-state index contributed by atoms with van der Waals surface area (Å²) in [5, 5.41) is 2.75. The predicted molar refractivity (Wildman–Crippen MR) is 129 cm³/mol. The molecule has 0 bridgehead atoms.